The average molecular weight is 269 g/mol. The summed E-state index contributed by atoms with van der Waals surface area (Å²) in [4.78, 5) is 17.0. The molecule has 20 heavy (non-hydrogen) atoms. The van der Waals surface area contributed by atoms with E-state index >= 15 is 0 Å². The Morgan fingerprint density at radius 2 is 2.15 bits per heavy atom. The first-order valence-electron chi connectivity index (χ1n) is 7.31. The topological polar surface area (TPSA) is 47.3 Å². The van der Waals surface area contributed by atoms with Gasteiger partial charge in [-0.05, 0) is 37.6 Å². The van der Waals surface area contributed by atoms with Crippen LogP contribution in [0.15, 0.2) is 24.3 Å². The lowest BCUT2D eigenvalue weighted by Crippen LogP contribution is -2.56. The van der Waals surface area contributed by atoms with Gasteiger partial charge in [0.15, 0.2) is 0 Å². The SMILES string of the molecule is N#Cc1cccc(C(=O)N2CCN3CCCCC3C2)c1. The predicted molar refractivity (Wildman–Crippen MR) is 76.3 cm³/mol. The Morgan fingerprint density at radius 1 is 1.25 bits per heavy atom. The average Bonchev–Trinajstić information content (AvgIpc) is 2.53. The van der Waals surface area contributed by atoms with Crippen LogP contribution in [0.2, 0.25) is 0 Å². The van der Waals surface area contributed by atoms with E-state index in [9.17, 15) is 4.79 Å². The van der Waals surface area contributed by atoms with Gasteiger partial charge >= 0.3 is 0 Å². The predicted octanol–water partition coefficient (Wildman–Crippen LogP) is 1.87. The van der Waals surface area contributed by atoms with Crippen molar-refractivity contribution in [3.05, 3.63) is 35.4 Å². The van der Waals surface area contributed by atoms with Crippen molar-refractivity contribution in [3.63, 3.8) is 0 Å². The van der Waals surface area contributed by atoms with Gasteiger partial charge in [0, 0.05) is 31.2 Å². The van der Waals surface area contributed by atoms with E-state index in [0.717, 1.165) is 19.6 Å². The van der Waals surface area contributed by atoms with Crippen molar-refractivity contribution < 1.29 is 4.79 Å². The molecular weight excluding hydrogens is 250 g/mol. The van der Waals surface area contributed by atoms with Crippen LogP contribution >= 0.6 is 0 Å². The summed E-state index contributed by atoms with van der Waals surface area (Å²) in [6.45, 7) is 3.78. The fraction of sp³-hybridized carbons (Fsp3) is 0.500. The van der Waals surface area contributed by atoms with Crippen molar-refractivity contribution in [2.24, 2.45) is 0 Å². The quantitative estimate of drug-likeness (QED) is 0.782. The van der Waals surface area contributed by atoms with Crippen LogP contribution in [0.4, 0.5) is 0 Å². The van der Waals surface area contributed by atoms with E-state index in [4.69, 9.17) is 5.26 Å². The first kappa shape index (κ1) is 13.1. The van der Waals surface area contributed by atoms with Crippen LogP contribution in [0, 0.1) is 11.3 Å². The summed E-state index contributed by atoms with van der Waals surface area (Å²) in [6, 6.07) is 9.62. The Bertz CT molecular complexity index is 549. The molecule has 2 aliphatic heterocycles. The molecule has 1 unspecified atom stereocenters. The monoisotopic (exact) mass is 269 g/mol. The van der Waals surface area contributed by atoms with Gasteiger partial charge in [0.2, 0.25) is 0 Å². The molecule has 2 aliphatic rings. The van der Waals surface area contributed by atoms with Gasteiger partial charge in [-0.25, -0.2) is 0 Å². The first-order chi connectivity index (χ1) is 9.78. The first-order valence-corrected chi connectivity index (χ1v) is 7.31. The minimum atomic E-state index is 0.0623. The van der Waals surface area contributed by atoms with Crippen LogP contribution in [0.1, 0.15) is 35.2 Å². The van der Waals surface area contributed by atoms with Crippen molar-refractivity contribution in [3.8, 4) is 6.07 Å². The van der Waals surface area contributed by atoms with E-state index in [1.165, 1.54) is 25.8 Å². The molecule has 3 rings (SSSR count). The Kier molecular flexibility index (Phi) is 3.70. The molecule has 104 valence electrons. The second kappa shape index (κ2) is 5.64. The van der Waals surface area contributed by atoms with E-state index < -0.39 is 0 Å². The molecule has 1 amide bonds. The van der Waals surface area contributed by atoms with E-state index in [1.54, 1.807) is 24.3 Å². The largest absolute Gasteiger partial charge is 0.336 e. The third-order valence-electron chi connectivity index (χ3n) is 4.36. The minimum Gasteiger partial charge on any atom is -0.336 e. The van der Waals surface area contributed by atoms with Crippen LogP contribution in [0.25, 0.3) is 0 Å². The number of carbonyl (C=O) groups is 1. The van der Waals surface area contributed by atoms with Gasteiger partial charge in [-0.2, -0.15) is 5.26 Å². The number of hydrogen-bond acceptors (Lipinski definition) is 3. The van der Waals surface area contributed by atoms with Gasteiger partial charge in [0.1, 0.15) is 0 Å². The maximum atomic E-state index is 12.5. The second-order valence-electron chi connectivity index (χ2n) is 5.63. The number of piperidine rings is 1. The fourth-order valence-corrected chi connectivity index (χ4v) is 3.24. The molecule has 1 aromatic rings. The highest BCUT2D eigenvalue weighted by Gasteiger charge is 2.31. The van der Waals surface area contributed by atoms with Crippen LogP contribution in [0.5, 0.6) is 0 Å². The zero-order valence-electron chi connectivity index (χ0n) is 11.6. The number of benzene rings is 1. The zero-order valence-corrected chi connectivity index (χ0v) is 11.6. The van der Waals surface area contributed by atoms with Crippen molar-refractivity contribution in [2.45, 2.75) is 25.3 Å². The lowest BCUT2D eigenvalue weighted by molar-refractivity contribution is 0.0372. The molecule has 2 fully saturated rings. The number of hydrogen-bond donors (Lipinski definition) is 0. The number of fused-ring (bicyclic) bond motifs is 1. The van der Waals surface area contributed by atoms with Gasteiger partial charge in [0.25, 0.3) is 5.91 Å². The lowest BCUT2D eigenvalue weighted by atomic mass is 9.99. The van der Waals surface area contributed by atoms with Gasteiger partial charge < -0.3 is 4.90 Å². The van der Waals surface area contributed by atoms with Gasteiger partial charge in [-0.3, -0.25) is 9.69 Å². The highest BCUT2D eigenvalue weighted by Crippen LogP contribution is 2.22. The van der Waals surface area contributed by atoms with E-state index in [-0.39, 0.29) is 5.91 Å². The molecule has 0 aromatic heterocycles. The minimum absolute atomic E-state index is 0.0623. The summed E-state index contributed by atoms with van der Waals surface area (Å²) < 4.78 is 0. The van der Waals surface area contributed by atoms with Gasteiger partial charge in [-0.1, -0.05) is 12.5 Å². The maximum Gasteiger partial charge on any atom is 0.253 e. The van der Waals surface area contributed by atoms with Crippen molar-refractivity contribution in [2.75, 3.05) is 26.2 Å². The number of rotatable bonds is 1. The summed E-state index contributed by atoms with van der Waals surface area (Å²) in [7, 11) is 0. The summed E-state index contributed by atoms with van der Waals surface area (Å²) >= 11 is 0. The molecular formula is C16H19N3O. The van der Waals surface area contributed by atoms with Crippen LogP contribution in [0.3, 0.4) is 0 Å². The standard InChI is InChI=1S/C16H19N3O/c17-11-13-4-3-5-14(10-13)16(20)19-9-8-18-7-2-1-6-15(18)12-19/h3-5,10,15H,1-2,6-9,12H2. The summed E-state index contributed by atoms with van der Waals surface area (Å²) in [5, 5.41) is 8.93. The van der Waals surface area contributed by atoms with Gasteiger partial charge in [-0.15, -0.1) is 0 Å². The Balaban J connectivity index is 1.72. The zero-order chi connectivity index (χ0) is 13.9. The number of piperazine rings is 1. The molecule has 0 N–H and O–H groups in total. The third-order valence-corrected chi connectivity index (χ3v) is 4.36. The number of nitriles is 1. The number of nitrogens with zero attached hydrogens (tertiary/aromatic N) is 3. The number of amides is 1. The second-order valence-corrected chi connectivity index (χ2v) is 5.63. The van der Waals surface area contributed by atoms with Crippen molar-refractivity contribution >= 4 is 5.91 Å². The van der Waals surface area contributed by atoms with Gasteiger partial charge in [0.05, 0.1) is 11.6 Å². The maximum absolute atomic E-state index is 12.5. The normalized spacial score (nSPS) is 22.9. The van der Waals surface area contributed by atoms with Crippen LogP contribution < -0.4 is 0 Å². The summed E-state index contributed by atoms with van der Waals surface area (Å²) in [6.07, 6.45) is 3.75. The Morgan fingerprint density at radius 3 is 3.00 bits per heavy atom. The molecule has 2 saturated heterocycles. The molecule has 1 atom stereocenters. The third kappa shape index (κ3) is 2.54. The summed E-state index contributed by atoms with van der Waals surface area (Å²) in [5.41, 5.74) is 1.18. The smallest absolute Gasteiger partial charge is 0.253 e. The highest BCUT2D eigenvalue weighted by molar-refractivity contribution is 5.94. The van der Waals surface area contributed by atoms with E-state index in [0.29, 0.717) is 17.2 Å². The van der Waals surface area contributed by atoms with Crippen LogP contribution in [-0.2, 0) is 0 Å². The fourth-order valence-electron chi connectivity index (χ4n) is 3.24. The molecule has 2 heterocycles. The lowest BCUT2D eigenvalue weighted by Gasteiger charge is -2.44. The van der Waals surface area contributed by atoms with Crippen molar-refractivity contribution in [1.82, 2.24) is 9.80 Å². The molecule has 4 heteroatoms. The molecule has 0 bridgehead atoms. The molecule has 0 spiro atoms. The number of carbonyl (C=O) groups excluding carboxylic acids is 1. The Hall–Kier alpha value is -1.86. The van der Waals surface area contributed by atoms with Crippen LogP contribution in [-0.4, -0.2) is 47.9 Å². The molecule has 0 aliphatic carbocycles. The highest BCUT2D eigenvalue weighted by atomic mass is 16.2. The summed E-state index contributed by atoms with van der Waals surface area (Å²) in [5.74, 6) is 0.0623. The van der Waals surface area contributed by atoms with E-state index in [1.807, 2.05) is 4.90 Å². The molecule has 0 radical (unpaired) electrons. The van der Waals surface area contributed by atoms with Crippen molar-refractivity contribution in [1.29, 1.82) is 5.26 Å². The molecule has 0 saturated carbocycles. The molecule has 1 aromatic carbocycles. The molecule has 4 nitrogen and oxygen atoms in total. The Labute approximate surface area is 119 Å². The van der Waals surface area contributed by atoms with E-state index in [2.05, 4.69) is 11.0 Å².